The van der Waals surface area contributed by atoms with Crippen LogP contribution in [-0.2, 0) is 25.4 Å². The first-order valence-electron chi connectivity index (χ1n) is 14.9. The molecule has 1 aromatic heterocycles. The average Bonchev–Trinajstić information content (AvgIpc) is 3.43. The van der Waals surface area contributed by atoms with Gasteiger partial charge in [0, 0.05) is 42.9 Å². The van der Waals surface area contributed by atoms with Gasteiger partial charge in [-0.25, -0.2) is 4.79 Å². The van der Waals surface area contributed by atoms with Crippen LogP contribution in [0.3, 0.4) is 0 Å². The Labute approximate surface area is 256 Å². The third-order valence-electron chi connectivity index (χ3n) is 9.76. The van der Waals surface area contributed by atoms with E-state index in [0.29, 0.717) is 23.7 Å². The maximum absolute atomic E-state index is 13.5. The van der Waals surface area contributed by atoms with Crippen LogP contribution in [0.5, 0.6) is 23.0 Å². The number of esters is 2. The molecule has 1 N–H and O–H groups in total. The monoisotopic (exact) mass is 608 g/mol. The Morgan fingerprint density at radius 2 is 1.66 bits per heavy atom. The Balaban J connectivity index is 1.29. The molecule has 236 valence electrons. The molecule has 0 bridgehead atoms. The van der Waals surface area contributed by atoms with Crippen molar-refractivity contribution in [3.05, 3.63) is 47.2 Å². The standard InChI is InChI=1S/C33H40N2O9/c1-38-19-7-8-20-21-9-10-35-16-18-13-27(44-32(36)17-11-25(39-2)30(41-4)26(12-17)40-3)31(42-5)28(33(37)43-6)22(18)15-24(35)29(21)34-23(20)14-19/h7-8,11-12,14,18,22,24,27-28,31,34H,9-10,13,15-16H2,1-6H3/t18-,22+,24-,27-,28+,31-/m1/s1. The lowest BCUT2D eigenvalue weighted by Crippen LogP contribution is -2.58. The van der Waals surface area contributed by atoms with Crippen LogP contribution in [-0.4, -0.2) is 89.8 Å². The molecule has 1 saturated carbocycles. The molecule has 3 aliphatic rings. The number of carbonyl (C=O) groups excluding carboxylic acids is 2. The average molecular weight is 609 g/mol. The second kappa shape index (κ2) is 12.2. The number of ether oxygens (including phenoxy) is 7. The SMILES string of the molecule is COC(=O)[C@H]1[C@H]2C[C@@H]3c4[nH]c5cc(OC)ccc5c4CCN3C[C@H]2C[C@@H](OC(=O)c2cc(OC)c(OC)c(OC)c2)[C@H]1OC. The van der Waals surface area contributed by atoms with Crippen molar-refractivity contribution < 1.29 is 42.7 Å². The number of rotatable bonds is 8. The summed E-state index contributed by atoms with van der Waals surface area (Å²) in [5.74, 6) is 0.441. The number of methoxy groups -OCH3 is 6. The van der Waals surface area contributed by atoms with Crippen molar-refractivity contribution in [3.63, 3.8) is 0 Å². The Bertz CT molecular complexity index is 1530. The van der Waals surface area contributed by atoms with Crippen LogP contribution in [0.25, 0.3) is 10.9 Å². The van der Waals surface area contributed by atoms with Crippen molar-refractivity contribution in [2.24, 2.45) is 17.8 Å². The van der Waals surface area contributed by atoms with Crippen molar-refractivity contribution in [1.29, 1.82) is 0 Å². The van der Waals surface area contributed by atoms with Crippen molar-refractivity contribution in [3.8, 4) is 23.0 Å². The molecule has 0 unspecified atom stereocenters. The van der Waals surface area contributed by atoms with Gasteiger partial charge in [0.1, 0.15) is 18.0 Å². The Morgan fingerprint density at radius 3 is 2.30 bits per heavy atom. The largest absolute Gasteiger partial charge is 0.497 e. The van der Waals surface area contributed by atoms with E-state index < -0.39 is 24.1 Å². The van der Waals surface area contributed by atoms with Gasteiger partial charge in [-0.2, -0.15) is 0 Å². The van der Waals surface area contributed by atoms with Gasteiger partial charge in [-0.1, -0.05) is 0 Å². The first kappa shape index (κ1) is 30.1. The summed E-state index contributed by atoms with van der Waals surface area (Å²) >= 11 is 0. The second-order valence-electron chi connectivity index (χ2n) is 11.7. The molecule has 3 heterocycles. The van der Waals surface area contributed by atoms with E-state index in [-0.39, 0.29) is 29.4 Å². The van der Waals surface area contributed by atoms with Crippen LogP contribution in [0.15, 0.2) is 30.3 Å². The van der Waals surface area contributed by atoms with Crippen LogP contribution >= 0.6 is 0 Å². The summed E-state index contributed by atoms with van der Waals surface area (Å²) < 4.78 is 39.1. The molecule has 2 aromatic carbocycles. The molecule has 11 nitrogen and oxygen atoms in total. The number of hydrogen-bond donors (Lipinski definition) is 1. The molecule has 1 aliphatic carbocycles. The highest BCUT2D eigenvalue weighted by atomic mass is 16.6. The van der Waals surface area contributed by atoms with E-state index in [0.717, 1.165) is 37.2 Å². The number of aromatic nitrogens is 1. The van der Waals surface area contributed by atoms with Gasteiger partial charge in [0.25, 0.3) is 0 Å². The van der Waals surface area contributed by atoms with E-state index in [1.807, 2.05) is 12.1 Å². The number of piperidine rings is 1. The molecule has 11 heteroatoms. The topological polar surface area (TPSA) is 118 Å². The zero-order valence-electron chi connectivity index (χ0n) is 26.0. The van der Waals surface area contributed by atoms with Gasteiger partial charge < -0.3 is 38.1 Å². The molecular formula is C33H40N2O9. The lowest BCUT2D eigenvalue weighted by atomic mass is 9.63. The fourth-order valence-electron chi connectivity index (χ4n) is 7.76. The molecule has 6 atom stereocenters. The van der Waals surface area contributed by atoms with Crippen LogP contribution < -0.4 is 18.9 Å². The number of carbonyl (C=O) groups is 2. The van der Waals surface area contributed by atoms with Gasteiger partial charge in [-0.3, -0.25) is 9.69 Å². The Morgan fingerprint density at radius 1 is 0.909 bits per heavy atom. The zero-order valence-corrected chi connectivity index (χ0v) is 26.0. The minimum absolute atomic E-state index is 0.0170. The van der Waals surface area contributed by atoms with Crippen LogP contribution in [0.1, 0.15) is 40.5 Å². The number of nitrogens with zero attached hydrogens (tertiary/aromatic N) is 1. The summed E-state index contributed by atoms with van der Waals surface area (Å²) in [7, 11) is 9.10. The normalized spacial score (nSPS) is 26.1. The molecule has 0 amide bonds. The molecular weight excluding hydrogens is 568 g/mol. The molecule has 6 rings (SSSR count). The minimum Gasteiger partial charge on any atom is -0.497 e. The lowest BCUT2D eigenvalue weighted by Gasteiger charge is -2.52. The summed E-state index contributed by atoms with van der Waals surface area (Å²) in [5.41, 5.74) is 3.83. The van der Waals surface area contributed by atoms with E-state index in [2.05, 4.69) is 16.0 Å². The minimum atomic E-state index is -0.670. The third-order valence-corrected chi connectivity index (χ3v) is 9.76. The summed E-state index contributed by atoms with van der Waals surface area (Å²) in [4.78, 5) is 33.1. The maximum Gasteiger partial charge on any atom is 0.338 e. The summed E-state index contributed by atoms with van der Waals surface area (Å²) in [5, 5.41) is 1.21. The fraction of sp³-hybridized carbons (Fsp3) is 0.515. The van der Waals surface area contributed by atoms with Crippen LogP contribution in [0.4, 0.5) is 0 Å². The van der Waals surface area contributed by atoms with Crippen LogP contribution in [0.2, 0.25) is 0 Å². The van der Waals surface area contributed by atoms with E-state index in [1.54, 1.807) is 26.4 Å². The van der Waals surface area contributed by atoms with E-state index in [4.69, 9.17) is 33.2 Å². The first-order valence-corrected chi connectivity index (χ1v) is 14.9. The highest BCUT2D eigenvalue weighted by molar-refractivity contribution is 5.91. The van der Waals surface area contributed by atoms with Gasteiger partial charge in [-0.05, 0) is 60.9 Å². The second-order valence-corrected chi connectivity index (χ2v) is 11.7. The third kappa shape index (κ3) is 5.01. The predicted octanol–water partition coefficient (Wildman–Crippen LogP) is 4.17. The van der Waals surface area contributed by atoms with Gasteiger partial charge in [-0.15, -0.1) is 0 Å². The number of nitrogens with one attached hydrogen (secondary N) is 1. The maximum atomic E-state index is 13.5. The van der Waals surface area contributed by atoms with E-state index in [1.165, 1.54) is 45.1 Å². The highest BCUT2D eigenvalue weighted by Gasteiger charge is 2.54. The number of fused-ring (bicyclic) bond motifs is 6. The quantitative estimate of drug-likeness (QED) is 0.374. The molecule has 2 fully saturated rings. The first-order chi connectivity index (χ1) is 21.3. The lowest BCUT2D eigenvalue weighted by molar-refractivity contribution is -0.176. The summed E-state index contributed by atoms with van der Waals surface area (Å²) in [6.07, 6.45) is 0.920. The highest BCUT2D eigenvalue weighted by Crippen LogP contribution is 2.51. The molecule has 0 spiro atoms. The van der Waals surface area contributed by atoms with E-state index >= 15 is 0 Å². The van der Waals surface area contributed by atoms with Gasteiger partial charge in [0.2, 0.25) is 5.75 Å². The fourth-order valence-corrected chi connectivity index (χ4v) is 7.76. The van der Waals surface area contributed by atoms with E-state index in [9.17, 15) is 9.59 Å². The number of H-pyrrole nitrogens is 1. The van der Waals surface area contributed by atoms with Crippen molar-refractivity contribution in [1.82, 2.24) is 9.88 Å². The van der Waals surface area contributed by atoms with Crippen LogP contribution in [0, 0.1) is 17.8 Å². The Kier molecular flexibility index (Phi) is 8.34. The number of hydrogen-bond acceptors (Lipinski definition) is 10. The predicted molar refractivity (Wildman–Crippen MR) is 161 cm³/mol. The van der Waals surface area contributed by atoms with Crippen molar-refractivity contribution in [2.45, 2.75) is 37.5 Å². The molecule has 3 aromatic rings. The van der Waals surface area contributed by atoms with Crippen molar-refractivity contribution >= 4 is 22.8 Å². The number of aromatic amines is 1. The molecule has 2 aliphatic heterocycles. The van der Waals surface area contributed by atoms with Gasteiger partial charge in [0.05, 0.1) is 53.1 Å². The molecule has 0 radical (unpaired) electrons. The Hall–Kier alpha value is -3.96. The molecule has 1 saturated heterocycles. The van der Waals surface area contributed by atoms with Gasteiger partial charge >= 0.3 is 11.9 Å². The number of benzene rings is 2. The van der Waals surface area contributed by atoms with Crippen molar-refractivity contribution in [2.75, 3.05) is 55.7 Å². The molecule has 44 heavy (non-hydrogen) atoms. The smallest absolute Gasteiger partial charge is 0.338 e. The summed E-state index contributed by atoms with van der Waals surface area (Å²) in [6.45, 7) is 1.68. The van der Waals surface area contributed by atoms with Gasteiger partial charge in [0.15, 0.2) is 11.5 Å². The zero-order chi connectivity index (χ0) is 31.1. The summed E-state index contributed by atoms with van der Waals surface area (Å²) in [6, 6.07) is 9.40.